The minimum atomic E-state index is -0.841. The molecule has 0 atom stereocenters. The standard InChI is InChI=1S/C10H9ClN2O2.C2H6/c11-5-9-12-7-2-1-6(4-10(14)15)3-8(7)13-9;1-2/h1-3H,4-5H2,(H,12,13)(H,14,15);1-2H3. The fourth-order valence-electron chi connectivity index (χ4n) is 1.46. The maximum absolute atomic E-state index is 10.5. The highest BCUT2D eigenvalue weighted by molar-refractivity contribution is 6.16. The number of nitrogens with one attached hydrogen (secondary N) is 1. The van der Waals surface area contributed by atoms with Crippen molar-refractivity contribution in [3.63, 3.8) is 0 Å². The van der Waals surface area contributed by atoms with Crippen molar-refractivity contribution in [1.29, 1.82) is 0 Å². The second-order valence-corrected chi connectivity index (χ2v) is 3.51. The van der Waals surface area contributed by atoms with Gasteiger partial charge in [-0.15, -0.1) is 11.6 Å². The third-order valence-corrected chi connectivity index (χ3v) is 2.33. The van der Waals surface area contributed by atoms with Crippen LogP contribution in [0.15, 0.2) is 18.2 Å². The van der Waals surface area contributed by atoms with E-state index in [-0.39, 0.29) is 6.42 Å². The number of alkyl halides is 1. The number of aliphatic carboxylic acids is 1. The van der Waals surface area contributed by atoms with E-state index in [0.29, 0.717) is 11.7 Å². The zero-order valence-corrected chi connectivity index (χ0v) is 10.6. The Morgan fingerprint density at radius 3 is 2.76 bits per heavy atom. The number of aromatic nitrogens is 2. The van der Waals surface area contributed by atoms with E-state index in [2.05, 4.69) is 9.97 Å². The molecule has 0 bridgehead atoms. The van der Waals surface area contributed by atoms with E-state index < -0.39 is 5.97 Å². The molecule has 1 heterocycles. The number of imidazole rings is 1. The molecule has 1 aromatic carbocycles. The maximum Gasteiger partial charge on any atom is 0.307 e. The smallest absolute Gasteiger partial charge is 0.307 e. The van der Waals surface area contributed by atoms with Crippen molar-refractivity contribution in [2.45, 2.75) is 26.1 Å². The predicted octanol–water partition coefficient (Wildman–Crippen LogP) is 2.96. The summed E-state index contributed by atoms with van der Waals surface area (Å²) in [5, 5.41) is 8.64. The number of carboxylic acid groups (broad SMARTS) is 1. The molecule has 1 aromatic heterocycles. The van der Waals surface area contributed by atoms with Gasteiger partial charge in [0, 0.05) is 0 Å². The molecule has 0 amide bonds. The van der Waals surface area contributed by atoms with Crippen molar-refractivity contribution in [3.05, 3.63) is 29.6 Å². The second kappa shape index (κ2) is 6.25. The minimum absolute atomic E-state index is 0.0190. The van der Waals surface area contributed by atoms with E-state index in [1.54, 1.807) is 18.2 Å². The Balaban J connectivity index is 0.000000686. The molecule has 2 N–H and O–H groups in total. The second-order valence-electron chi connectivity index (χ2n) is 3.24. The van der Waals surface area contributed by atoms with Gasteiger partial charge in [-0.3, -0.25) is 4.79 Å². The highest BCUT2D eigenvalue weighted by atomic mass is 35.5. The molecule has 0 spiro atoms. The number of H-pyrrole nitrogens is 1. The van der Waals surface area contributed by atoms with Gasteiger partial charge in [-0.05, 0) is 17.7 Å². The molecule has 2 aromatic rings. The highest BCUT2D eigenvalue weighted by Crippen LogP contribution is 2.15. The molecule has 0 aliphatic carbocycles. The predicted molar refractivity (Wildman–Crippen MR) is 68.3 cm³/mol. The summed E-state index contributed by atoms with van der Waals surface area (Å²) in [6.07, 6.45) is 0.0190. The topological polar surface area (TPSA) is 66.0 Å². The summed E-state index contributed by atoms with van der Waals surface area (Å²) in [5.74, 6) is 0.175. The van der Waals surface area contributed by atoms with Gasteiger partial charge in [0.05, 0.1) is 23.3 Å². The van der Waals surface area contributed by atoms with Crippen LogP contribution in [-0.4, -0.2) is 21.0 Å². The Morgan fingerprint density at radius 2 is 2.18 bits per heavy atom. The van der Waals surface area contributed by atoms with Crippen LogP contribution in [0.2, 0.25) is 0 Å². The van der Waals surface area contributed by atoms with Crippen LogP contribution in [0.25, 0.3) is 11.0 Å². The van der Waals surface area contributed by atoms with E-state index in [0.717, 1.165) is 16.6 Å². The van der Waals surface area contributed by atoms with Crippen molar-refractivity contribution in [2.24, 2.45) is 0 Å². The van der Waals surface area contributed by atoms with Crippen molar-refractivity contribution in [1.82, 2.24) is 9.97 Å². The molecule has 92 valence electrons. The summed E-state index contributed by atoms with van der Waals surface area (Å²) in [6, 6.07) is 5.34. The van der Waals surface area contributed by atoms with E-state index in [4.69, 9.17) is 16.7 Å². The van der Waals surface area contributed by atoms with Gasteiger partial charge >= 0.3 is 5.97 Å². The highest BCUT2D eigenvalue weighted by Gasteiger charge is 2.05. The third kappa shape index (κ3) is 3.46. The number of benzene rings is 1. The number of nitrogens with zero attached hydrogens (tertiary/aromatic N) is 1. The first kappa shape index (κ1) is 13.5. The Kier molecular flexibility index (Phi) is 4.97. The Hall–Kier alpha value is -1.55. The number of carboxylic acids is 1. The van der Waals surface area contributed by atoms with Gasteiger partial charge in [-0.1, -0.05) is 19.9 Å². The number of hydrogen-bond acceptors (Lipinski definition) is 2. The Bertz CT molecular complexity index is 508. The lowest BCUT2D eigenvalue weighted by atomic mass is 10.1. The fraction of sp³-hybridized carbons (Fsp3) is 0.333. The van der Waals surface area contributed by atoms with Gasteiger partial charge < -0.3 is 10.1 Å². The number of fused-ring (bicyclic) bond motifs is 1. The van der Waals surface area contributed by atoms with Gasteiger partial charge in [0.25, 0.3) is 0 Å². The summed E-state index contributed by atoms with van der Waals surface area (Å²) in [6.45, 7) is 4.00. The van der Waals surface area contributed by atoms with Crippen LogP contribution in [0.1, 0.15) is 25.2 Å². The summed E-state index contributed by atoms with van der Waals surface area (Å²) >= 11 is 5.63. The minimum Gasteiger partial charge on any atom is -0.481 e. The average Bonchev–Trinajstić information content (AvgIpc) is 2.73. The number of aromatic amines is 1. The molecule has 0 aliphatic rings. The molecule has 0 fully saturated rings. The van der Waals surface area contributed by atoms with E-state index in [1.807, 2.05) is 13.8 Å². The number of hydrogen-bond donors (Lipinski definition) is 2. The third-order valence-electron chi connectivity index (χ3n) is 2.08. The zero-order valence-electron chi connectivity index (χ0n) is 9.83. The quantitative estimate of drug-likeness (QED) is 0.828. The van der Waals surface area contributed by atoms with Gasteiger partial charge in [0.15, 0.2) is 0 Å². The maximum atomic E-state index is 10.5. The van der Waals surface area contributed by atoms with Crippen LogP contribution < -0.4 is 0 Å². The largest absolute Gasteiger partial charge is 0.481 e. The Labute approximate surface area is 105 Å². The van der Waals surface area contributed by atoms with Crippen molar-refractivity contribution >= 4 is 28.6 Å². The molecule has 17 heavy (non-hydrogen) atoms. The molecular weight excluding hydrogens is 240 g/mol. The zero-order chi connectivity index (χ0) is 12.8. The molecule has 0 saturated heterocycles. The van der Waals surface area contributed by atoms with E-state index in [1.165, 1.54) is 0 Å². The van der Waals surface area contributed by atoms with Crippen LogP contribution in [0.4, 0.5) is 0 Å². The Morgan fingerprint density at radius 1 is 1.47 bits per heavy atom. The van der Waals surface area contributed by atoms with Crippen LogP contribution in [0.3, 0.4) is 0 Å². The number of carbonyl (C=O) groups is 1. The average molecular weight is 255 g/mol. The summed E-state index contributed by atoms with van der Waals surface area (Å²) in [4.78, 5) is 17.8. The first-order chi connectivity index (χ1) is 8.19. The van der Waals surface area contributed by atoms with Crippen LogP contribution >= 0.6 is 11.6 Å². The molecule has 2 rings (SSSR count). The lowest BCUT2D eigenvalue weighted by molar-refractivity contribution is -0.136. The molecule has 0 aliphatic heterocycles. The summed E-state index contributed by atoms with van der Waals surface area (Å²) < 4.78 is 0. The molecule has 0 unspecified atom stereocenters. The molecular formula is C12H15ClN2O2. The van der Waals surface area contributed by atoms with E-state index in [9.17, 15) is 4.79 Å². The number of halogens is 1. The fourth-order valence-corrected chi connectivity index (χ4v) is 1.58. The lowest BCUT2D eigenvalue weighted by Gasteiger charge is -1.95. The van der Waals surface area contributed by atoms with Gasteiger partial charge in [-0.25, -0.2) is 4.98 Å². The van der Waals surface area contributed by atoms with Gasteiger partial charge in [0.1, 0.15) is 5.82 Å². The lowest BCUT2D eigenvalue weighted by Crippen LogP contribution is -1.99. The van der Waals surface area contributed by atoms with E-state index >= 15 is 0 Å². The van der Waals surface area contributed by atoms with Crippen molar-refractivity contribution in [2.75, 3.05) is 0 Å². The van der Waals surface area contributed by atoms with Crippen LogP contribution in [-0.2, 0) is 17.1 Å². The van der Waals surface area contributed by atoms with Crippen molar-refractivity contribution in [3.8, 4) is 0 Å². The molecule has 0 radical (unpaired) electrons. The monoisotopic (exact) mass is 254 g/mol. The first-order valence-corrected chi connectivity index (χ1v) is 5.98. The van der Waals surface area contributed by atoms with Crippen LogP contribution in [0.5, 0.6) is 0 Å². The summed E-state index contributed by atoms with van der Waals surface area (Å²) in [7, 11) is 0. The molecule has 4 nitrogen and oxygen atoms in total. The molecule has 0 saturated carbocycles. The molecule has 5 heteroatoms. The summed E-state index contributed by atoms with van der Waals surface area (Å²) in [5.41, 5.74) is 2.38. The number of rotatable bonds is 3. The first-order valence-electron chi connectivity index (χ1n) is 5.44. The van der Waals surface area contributed by atoms with Crippen molar-refractivity contribution < 1.29 is 9.90 Å². The normalized spacial score (nSPS) is 9.82. The SMILES string of the molecule is CC.O=C(O)Cc1ccc2nc(CCl)[nH]c2c1. The van der Waals surface area contributed by atoms with Crippen LogP contribution in [0, 0.1) is 0 Å². The van der Waals surface area contributed by atoms with Gasteiger partial charge in [-0.2, -0.15) is 0 Å². The van der Waals surface area contributed by atoms with Gasteiger partial charge in [0.2, 0.25) is 0 Å².